The monoisotopic (exact) mass is 212 g/mol. The zero-order valence-corrected chi connectivity index (χ0v) is 9.82. The van der Waals surface area contributed by atoms with Crippen LogP contribution in [0, 0.1) is 5.92 Å². The van der Waals surface area contributed by atoms with Gasteiger partial charge in [-0.3, -0.25) is 4.90 Å². The molecule has 2 fully saturated rings. The minimum Gasteiger partial charge on any atom is -0.380 e. The van der Waals surface area contributed by atoms with Crippen molar-refractivity contribution in [1.29, 1.82) is 0 Å². The highest BCUT2D eigenvalue weighted by atomic mass is 16.5. The number of likely N-dealkylation sites (tertiary alicyclic amines) is 1. The van der Waals surface area contributed by atoms with Gasteiger partial charge >= 0.3 is 0 Å². The molecule has 3 unspecified atom stereocenters. The van der Waals surface area contributed by atoms with Crippen molar-refractivity contribution in [2.24, 2.45) is 11.7 Å². The van der Waals surface area contributed by atoms with Gasteiger partial charge in [0.2, 0.25) is 0 Å². The van der Waals surface area contributed by atoms with Gasteiger partial charge in [0.05, 0.1) is 6.10 Å². The topological polar surface area (TPSA) is 38.5 Å². The Hall–Kier alpha value is -0.120. The molecule has 3 atom stereocenters. The predicted molar refractivity (Wildman–Crippen MR) is 61.8 cm³/mol. The first-order valence-corrected chi connectivity index (χ1v) is 6.32. The highest BCUT2D eigenvalue weighted by Gasteiger charge is 2.34. The van der Waals surface area contributed by atoms with Gasteiger partial charge in [-0.25, -0.2) is 0 Å². The highest BCUT2D eigenvalue weighted by molar-refractivity contribution is 4.88. The molecule has 0 aromatic rings. The van der Waals surface area contributed by atoms with Crippen LogP contribution in [-0.2, 0) is 4.74 Å². The third-order valence-corrected chi connectivity index (χ3v) is 4.09. The number of hydrogen-bond acceptors (Lipinski definition) is 3. The molecule has 1 aliphatic carbocycles. The van der Waals surface area contributed by atoms with Crippen LogP contribution in [0.15, 0.2) is 0 Å². The molecule has 88 valence electrons. The van der Waals surface area contributed by atoms with Crippen LogP contribution >= 0.6 is 0 Å². The van der Waals surface area contributed by atoms with Crippen LogP contribution in [0.25, 0.3) is 0 Å². The molecular weight excluding hydrogens is 188 g/mol. The number of hydrogen-bond donors (Lipinski definition) is 1. The average molecular weight is 212 g/mol. The smallest absolute Gasteiger partial charge is 0.0726 e. The van der Waals surface area contributed by atoms with E-state index in [9.17, 15) is 0 Å². The van der Waals surface area contributed by atoms with E-state index < -0.39 is 0 Å². The van der Waals surface area contributed by atoms with Crippen LogP contribution < -0.4 is 5.73 Å². The van der Waals surface area contributed by atoms with Gasteiger partial charge in [0.1, 0.15) is 0 Å². The molecule has 0 bridgehead atoms. The van der Waals surface area contributed by atoms with Gasteiger partial charge in [0.25, 0.3) is 0 Å². The van der Waals surface area contributed by atoms with Gasteiger partial charge in [-0.05, 0) is 38.3 Å². The van der Waals surface area contributed by atoms with Crippen molar-refractivity contribution in [3.8, 4) is 0 Å². The fraction of sp³-hybridized carbons (Fsp3) is 1.00. The maximum Gasteiger partial charge on any atom is 0.0726 e. The van der Waals surface area contributed by atoms with E-state index >= 15 is 0 Å². The van der Waals surface area contributed by atoms with Gasteiger partial charge in [-0.15, -0.1) is 0 Å². The van der Waals surface area contributed by atoms with Crippen LogP contribution in [0.1, 0.15) is 32.1 Å². The molecule has 3 heteroatoms. The number of ether oxygens (including phenoxy) is 1. The van der Waals surface area contributed by atoms with Crippen molar-refractivity contribution in [2.75, 3.05) is 26.7 Å². The number of nitrogens with two attached hydrogens (primary N) is 1. The highest BCUT2D eigenvalue weighted by Crippen LogP contribution is 2.29. The number of nitrogens with zero attached hydrogens (tertiary/aromatic N) is 1. The van der Waals surface area contributed by atoms with Crippen molar-refractivity contribution in [3.05, 3.63) is 0 Å². The molecule has 15 heavy (non-hydrogen) atoms. The van der Waals surface area contributed by atoms with E-state index in [0.717, 1.165) is 12.5 Å². The Morgan fingerprint density at radius 2 is 2.07 bits per heavy atom. The average Bonchev–Trinajstić information content (AvgIpc) is 2.77. The SMILES string of the molecule is COC1CCCCC1N1CCC(CN)C1. The molecular formula is C12H24N2O. The van der Waals surface area contributed by atoms with Gasteiger partial charge < -0.3 is 10.5 Å². The summed E-state index contributed by atoms with van der Waals surface area (Å²) in [5.74, 6) is 0.726. The summed E-state index contributed by atoms with van der Waals surface area (Å²) in [5, 5.41) is 0. The Balaban J connectivity index is 1.90. The molecule has 1 aliphatic heterocycles. The van der Waals surface area contributed by atoms with Gasteiger partial charge in [-0.2, -0.15) is 0 Å². The second kappa shape index (κ2) is 5.28. The first kappa shape index (κ1) is 11.4. The molecule has 1 heterocycles. The number of rotatable bonds is 3. The zero-order chi connectivity index (χ0) is 10.7. The fourth-order valence-electron chi connectivity index (χ4n) is 3.13. The van der Waals surface area contributed by atoms with Crippen LogP contribution in [-0.4, -0.2) is 43.8 Å². The zero-order valence-electron chi connectivity index (χ0n) is 9.82. The van der Waals surface area contributed by atoms with Crippen LogP contribution in [0.4, 0.5) is 0 Å². The van der Waals surface area contributed by atoms with Gasteiger partial charge in [0, 0.05) is 19.7 Å². The minimum absolute atomic E-state index is 0.468. The lowest BCUT2D eigenvalue weighted by Gasteiger charge is -2.37. The van der Waals surface area contributed by atoms with E-state index in [4.69, 9.17) is 10.5 Å². The van der Waals surface area contributed by atoms with Crippen molar-refractivity contribution in [3.63, 3.8) is 0 Å². The Kier molecular flexibility index (Phi) is 4.00. The third kappa shape index (κ3) is 2.52. The van der Waals surface area contributed by atoms with Crippen molar-refractivity contribution < 1.29 is 4.74 Å². The lowest BCUT2D eigenvalue weighted by atomic mass is 9.91. The first-order valence-electron chi connectivity index (χ1n) is 6.32. The summed E-state index contributed by atoms with van der Waals surface area (Å²) < 4.78 is 5.61. The first-order chi connectivity index (χ1) is 7.35. The van der Waals surface area contributed by atoms with E-state index in [0.29, 0.717) is 12.1 Å². The second-order valence-electron chi connectivity index (χ2n) is 5.01. The molecule has 0 aromatic carbocycles. The molecule has 2 aliphatic rings. The Labute approximate surface area is 93.0 Å². The quantitative estimate of drug-likeness (QED) is 0.764. The maximum atomic E-state index is 5.73. The summed E-state index contributed by atoms with van der Waals surface area (Å²) >= 11 is 0. The standard InChI is InChI=1S/C12H24N2O/c1-15-12-5-3-2-4-11(12)14-7-6-10(8-13)9-14/h10-12H,2-9,13H2,1H3. The third-order valence-electron chi connectivity index (χ3n) is 4.09. The Morgan fingerprint density at radius 1 is 1.27 bits per heavy atom. The van der Waals surface area contributed by atoms with E-state index in [1.54, 1.807) is 0 Å². The van der Waals surface area contributed by atoms with E-state index in [1.165, 1.54) is 45.2 Å². The largest absolute Gasteiger partial charge is 0.380 e. The lowest BCUT2D eigenvalue weighted by molar-refractivity contribution is -0.00387. The lowest BCUT2D eigenvalue weighted by Crippen LogP contribution is -2.45. The minimum atomic E-state index is 0.468. The van der Waals surface area contributed by atoms with Crippen LogP contribution in [0.2, 0.25) is 0 Å². The maximum absolute atomic E-state index is 5.73. The molecule has 2 rings (SSSR count). The van der Waals surface area contributed by atoms with Crippen molar-refractivity contribution in [1.82, 2.24) is 4.90 Å². The predicted octanol–water partition coefficient (Wildman–Crippen LogP) is 1.22. The van der Waals surface area contributed by atoms with Crippen LogP contribution in [0.3, 0.4) is 0 Å². The van der Waals surface area contributed by atoms with Gasteiger partial charge in [0.15, 0.2) is 0 Å². The van der Waals surface area contributed by atoms with Gasteiger partial charge in [-0.1, -0.05) is 12.8 Å². The molecule has 0 spiro atoms. The Bertz CT molecular complexity index is 198. The Morgan fingerprint density at radius 3 is 2.73 bits per heavy atom. The second-order valence-corrected chi connectivity index (χ2v) is 5.01. The van der Waals surface area contributed by atoms with Crippen molar-refractivity contribution in [2.45, 2.75) is 44.2 Å². The fourth-order valence-corrected chi connectivity index (χ4v) is 3.13. The summed E-state index contributed by atoms with van der Waals surface area (Å²) in [6, 6.07) is 0.667. The number of methoxy groups -OCH3 is 1. The molecule has 3 nitrogen and oxygen atoms in total. The molecule has 0 amide bonds. The summed E-state index contributed by atoms with van der Waals surface area (Å²) in [4.78, 5) is 2.62. The van der Waals surface area contributed by atoms with Crippen LogP contribution in [0.5, 0.6) is 0 Å². The summed E-state index contributed by atoms with van der Waals surface area (Å²) in [6.45, 7) is 3.27. The normalized spacial score (nSPS) is 38.4. The molecule has 1 saturated carbocycles. The van der Waals surface area contributed by atoms with Crippen molar-refractivity contribution >= 4 is 0 Å². The van der Waals surface area contributed by atoms with E-state index in [-0.39, 0.29) is 0 Å². The molecule has 2 N–H and O–H groups in total. The van der Waals surface area contributed by atoms with E-state index in [2.05, 4.69) is 4.90 Å². The van der Waals surface area contributed by atoms with E-state index in [1.807, 2.05) is 7.11 Å². The summed E-state index contributed by atoms with van der Waals surface area (Å²) in [6.07, 6.45) is 7.01. The molecule has 0 radical (unpaired) electrons. The summed E-state index contributed by atoms with van der Waals surface area (Å²) in [7, 11) is 1.86. The summed E-state index contributed by atoms with van der Waals surface area (Å²) in [5.41, 5.74) is 5.73. The molecule has 0 aromatic heterocycles. The molecule has 1 saturated heterocycles.